The summed E-state index contributed by atoms with van der Waals surface area (Å²) in [6, 6.07) is 0. The Hall–Kier alpha value is -1.58. The van der Waals surface area contributed by atoms with Crippen LogP contribution in [0.4, 0.5) is 0 Å². The van der Waals surface area contributed by atoms with Crippen LogP contribution in [0.5, 0.6) is 0 Å². The van der Waals surface area contributed by atoms with Crippen molar-refractivity contribution in [3.05, 3.63) is 29.9 Å². The van der Waals surface area contributed by atoms with Crippen molar-refractivity contribution in [1.82, 2.24) is 15.3 Å². The lowest BCUT2D eigenvalue weighted by Crippen LogP contribution is -2.20. The number of allylic oxidation sites excluding steroid dienone is 1. The smallest absolute Gasteiger partial charge is 0.244 e. The first kappa shape index (κ1) is 9.51. The molecule has 4 nitrogen and oxygen atoms in total. The molecular formula is C9H13N3O. The fourth-order valence-electron chi connectivity index (χ4n) is 0.877. The molecule has 0 spiro atoms. The lowest BCUT2D eigenvalue weighted by molar-refractivity contribution is -0.116. The number of carbonyl (C=O) groups is 1. The van der Waals surface area contributed by atoms with Crippen LogP contribution in [-0.2, 0) is 11.3 Å². The summed E-state index contributed by atoms with van der Waals surface area (Å²) in [5.74, 6) is -0.0744. The predicted octanol–water partition coefficient (Wildman–Crippen LogP) is 0.992. The van der Waals surface area contributed by atoms with Crippen LogP contribution in [0.2, 0.25) is 0 Å². The predicted molar refractivity (Wildman–Crippen MR) is 49.9 cm³/mol. The third-order valence-electron chi connectivity index (χ3n) is 1.43. The minimum absolute atomic E-state index is 0.0744. The summed E-state index contributed by atoms with van der Waals surface area (Å²) in [4.78, 5) is 17.9. The molecule has 1 aromatic heterocycles. The maximum Gasteiger partial charge on any atom is 0.244 e. The Morgan fingerprint density at radius 3 is 3.00 bits per heavy atom. The van der Waals surface area contributed by atoms with E-state index >= 15 is 0 Å². The third-order valence-corrected chi connectivity index (χ3v) is 1.43. The number of hydrogen-bond donors (Lipinski definition) is 2. The average molecular weight is 179 g/mol. The molecule has 1 heterocycles. The van der Waals surface area contributed by atoms with Crippen molar-refractivity contribution < 1.29 is 4.79 Å². The first-order valence-electron chi connectivity index (χ1n) is 4.08. The summed E-state index contributed by atoms with van der Waals surface area (Å²) in [5, 5.41) is 2.73. The number of carbonyl (C=O) groups excluding carboxylic acids is 1. The summed E-state index contributed by atoms with van der Waals surface area (Å²) >= 11 is 0. The second-order valence-corrected chi connectivity index (χ2v) is 3.02. The zero-order valence-corrected chi connectivity index (χ0v) is 7.79. The maximum absolute atomic E-state index is 11.1. The zero-order chi connectivity index (χ0) is 9.68. The van der Waals surface area contributed by atoms with Crippen LogP contribution in [0.25, 0.3) is 0 Å². The number of rotatable bonds is 3. The van der Waals surface area contributed by atoms with E-state index in [-0.39, 0.29) is 5.91 Å². The van der Waals surface area contributed by atoms with Gasteiger partial charge in [0.05, 0.1) is 18.6 Å². The minimum Gasteiger partial charge on any atom is -0.347 e. The average Bonchev–Trinajstić information content (AvgIpc) is 2.51. The molecular weight excluding hydrogens is 166 g/mol. The summed E-state index contributed by atoms with van der Waals surface area (Å²) in [6.07, 6.45) is 4.83. The molecule has 1 rings (SSSR count). The van der Waals surface area contributed by atoms with Crippen LogP contribution in [0, 0.1) is 0 Å². The zero-order valence-electron chi connectivity index (χ0n) is 7.79. The lowest BCUT2D eigenvalue weighted by atomic mass is 10.3. The molecule has 0 unspecified atom stereocenters. The molecule has 0 saturated heterocycles. The van der Waals surface area contributed by atoms with Crippen molar-refractivity contribution in [2.24, 2.45) is 0 Å². The number of hydrogen-bond acceptors (Lipinski definition) is 2. The van der Waals surface area contributed by atoms with Gasteiger partial charge in [-0.15, -0.1) is 0 Å². The van der Waals surface area contributed by atoms with Gasteiger partial charge in [0.1, 0.15) is 0 Å². The Morgan fingerprint density at radius 2 is 2.46 bits per heavy atom. The van der Waals surface area contributed by atoms with Gasteiger partial charge >= 0.3 is 0 Å². The van der Waals surface area contributed by atoms with Gasteiger partial charge in [-0.25, -0.2) is 4.98 Å². The van der Waals surface area contributed by atoms with E-state index in [2.05, 4.69) is 15.3 Å². The van der Waals surface area contributed by atoms with E-state index in [1.54, 1.807) is 18.6 Å². The Balaban J connectivity index is 2.35. The lowest BCUT2D eigenvalue weighted by Gasteiger charge is -1.98. The highest BCUT2D eigenvalue weighted by atomic mass is 16.1. The molecule has 70 valence electrons. The normalized spacial score (nSPS) is 9.38. The van der Waals surface area contributed by atoms with Gasteiger partial charge in [0.2, 0.25) is 5.91 Å². The summed E-state index contributed by atoms with van der Waals surface area (Å²) in [5.41, 5.74) is 1.89. The maximum atomic E-state index is 11.1. The Labute approximate surface area is 77.1 Å². The first-order chi connectivity index (χ1) is 6.18. The van der Waals surface area contributed by atoms with E-state index in [0.29, 0.717) is 6.54 Å². The van der Waals surface area contributed by atoms with E-state index in [1.807, 2.05) is 13.8 Å². The molecule has 1 amide bonds. The molecule has 0 aliphatic rings. The molecule has 2 N–H and O–H groups in total. The van der Waals surface area contributed by atoms with Crippen molar-refractivity contribution in [2.45, 2.75) is 20.4 Å². The van der Waals surface area contributed by atoms with Gasteiger partial charge in [0.15, 0.2) is 0 Å². The number of aromatic amines is 1. The number of nitrogens with one attached hydrogen (secondary N) is 2. The number of aromatic nitrogens is 2. The molecule has 0 saturated carbocycles. The van der Waals surface area contributed by atoms with Crippen molar-refractivity contribution in [3.8, 4) is 0 Å². The highest BCUT2D eigenvalue weighted by Crippen LogP contribution is 1.91. The molecule has 0 bridgehead atoms. The summed E-state index contributed by atoms with van der Waals surface area (Å²) in [7, 11) is 0. The molecule has 13 heavy (non-hydrogen) atoms. The van der Waals surface area contributed by atoms with Gasteiger partial charge in [-0.05, 0) is 13.8 Å². The van der Waals surface area contributed by atoms with E-state index in [4.69, 9.17) is 0 Å². The summed E-state index contributed by atoms with van der Waals surface area (Å²) < 4.78 is 0. The van der Waals surface area contributed by atoms with Crippen molar-refractivity contribution in [1.29, 1.82) is 0 Å². The topological polar surface area (TPSA) is 57.8 Å². The van der Waals surface area contributed by atoms with Gasteiger partial charge in [-0.2, -0.15) is 0 Å². The monoisotopic (exact) mass is 179 g/mol. The minimum atomic E-state index is -0.0744. The second kappa shape index (κ2) is 4.45. The number of amides is 1. The second-order valence-electron chi connectivity index (χ2n) is 3.02. The highest BCUT2D eigenvalue weighted by molar-refractivity contribution is 5.87. The van der Waals surface area contributed by atoms with Crippen LogP contribution in [-0.4, -0.2) is 15.9 Å². The van der Waals surface area contributed by atoms with Crippen molar-refractivity contribution in [3.63, 3.8) is 0 Å². The van der Waals surface area contributed by atoms with Crippen LogP contribution in [0.15, 0.2) is 24.2 Å². The van der Waals surface area contributed by atoms with Gasteiger partial charge in [0.25, 0.3) is 0 Å². The summed E-state index contributed by atoms with van der Waals surface area (Å²) in [6.45, 7) is 4.26. The fraction of sp³-hybridized carbons (Fsp3) is 0.333. The van der Waals surface area contributed by atoms with E-state index < -0.39 is 0 Å². The standard InChI is InChI=1S/C9H13N3O/c1-7(2)3-9(13)11-5-8-4-10-6-12-8/h3-4,6H,5H2,1-2H3,(H,10,12)(H,11,13). The molecule has 0 radical (unpaired) electrons. The first-order valence-corrected chi connectivity index (χ1v) is 4.08. The largest absolute Gasteiger partial charge is 0.347 e. The van der Waals surface area contributed by atoms with Gasteiger partial charge in [0, 0.05) is 12.3 Å². The molecule has 0 fully saturated rings. The van der Waals surface area contributed by atoms with Gasteiger partial charge < -0.3 is 10.3 Å². The van der Waals surface area contributed by atoms with Crippen molar-refractivity contribution in [2.75, 3.05) is 0 Å². The molecule has 0 aliphatic carbocycles. The Kier molecular flexibility index (Phi) is 3.25. The molecule has 0 atom stereocenters. The SMILES string of the molecule is CC(C)=CC(=O)NCc1cnc[nH]1. The fourth-order valence-corrected chi connectivity index (χ4v) is 0.877. The molecule has 4 heteroatoms. The molecule has 0 aromatic carbocycles. The van der Waals surface area contributed by atoms with Crippen LogP contribution >= 0.6 is 0 Å². The molecule has 0 aliphatic heterocycles. The van der Waals surface area contributed by atoms with Crippen LogP contribution < -0.4 is 5.32 Å². The third kappa shape index (κ3) is 3.55. The number of imidazole rings is 1. The highest BCUT2D eigenvalue weighted by Gasteiger charge is 1.97. The number of H-pyrrole nitrogens is 1. The van der Waals surface area contributed by atoms with Gasteiger partial charge in [-0.1, -0.05) is 5.57 Å². The Morgan fingerprint density at radius 1 is 1.69 bits per heavy atom. The van der Waals surface area contributed by atoms with Crippen LogP contribution in [0.3, 0.4) is 0 Å². The Bertz CT molecular complexity index is 297. The number of nitrogens with zero attached hydrogens (tertiary/aromatic N) is 1. The van der Waals surface area contributed by atoms with E-state index in [9.17, 15) is 4.79 Å². The van der Waals surface area contributed by atoms with E-state index in [0.717, 1.165) is 11.3 Å². The van der Waals surface area contributed by atoms with Gasteiger partial charge in [-0.3, -0.25) is 4.79 Å². The van der Waals surface area contributed by atoms with Crippen LogP contribution in [0.1, 0.15) is 19.5 Å². The molecule has 1 aromatic rings. The van der Waals surface area contributed by atoms with E-state index in [1.165, 1.54) is 0 Å². The quantitative estimate of drug-likeness (QED) is 0.680. The van der Waals surface area contributed by atoms with Crippen molar-refractivity contribution >= 4 is 5.91 Å².